The number of ether oxygens (including phenoxy) is 2. The summed E-state index contributed by atoms with van der Waals surface area (Å²) in [6.45, 7) is 8.25. The number of aryl methyl sites for hydroxylation is 2. The molecule has 1 N–H and O–H groups in total. The van der Waals surface area contributed by atoms with Crippen molar-refractivity contribution in [3.63, 3.8) is 0 Å². The number of nitrogens with zero attached hydrogens (tertiary/aromatic N) is 2. The van der Waals surface area contributed by atoms with Crippen molar-refractivity contribution in [2.75, 3.05) is 31.6 Å². The number of rotatable bonds is 7. The lowest BCUT2D eigenvalue weighted by Crippen LogP contribution is -2.42. The summed E-state index contributed by atoms with van der Waals surface area (Å²) in [7, 11) is 0. The minimum absolute atomic E-state index is 0.125. The third kappa shape index (κ3) is 6.19. The Kier molecular flexibility index (Phi) is 7.52. The Morgan fingerprint density at radius 2 is 1.88 bits per heavy atom. The molecule has 0 radical (unpaired) electrons. The van der Waals surface area contributed by atoms with E-state index in [-0.39, 0.29) is 11.9 Å². The summed E-state index contributed by atoms with van der Waals surface area (Å²) in [4.78, 5) is 14.4. The summed E-state index contributed by atoms with van der Waals surface area (Å²) in [5.41, 5.74) is 4.20. The van der Waals surface area contributed by atoms with Gasteiger partial charge in [0.25, 0.3) is 0 Å². The van der Waals surface area contributed by atoms with E-state index in [1.165, 1.54) is 17.3 Å². The van der Waals surface area contributed by atoms with Gasteiger partial charge in [0.05, 0.1) is 6.20 Å². The minimum Gasteiger partial charge on any atom is -0.490 e. The van der Waals surface area contributed by atoms with Crippen LogP contribution in [0, 0.1) is 19.8 Å². The van der Waals surface area contributed by atoms with E-state index in [1.54, 1.807) is 6.92 Å². The molecule has 3 aromatic rings. The molecule has 1 fully saturated rings. The fourth-order valence-corrected chi connectivity index (χ4v) is 3.99. The highest BCUT2D eigenvalue weighted by Gasteiger charge is 2.25. The molecule has 0 bridgehead atoms. The van der Waals surface area contributed by atoms with Gasteiger partial charge < -0.3 is 24.2 Å². The van der Waals surface area contributed by atoms with Gasteiger partial charge in [-0.3, -0.25) is 0 Å². The maximum atomic E-state index is 12.6. The molecule has 1 unspecified atom stereocenters. The molecule has 2 amide bonds. The van der Waals surface area contributed by atoms with Crippen LogP contribution in [0.15, 0.2) is 64.8 Å². The molecule has 2 heterocycles. The van der Waals surface area contributed by atoms with Gasteiger partial charge in [-0.1, -0.05) is 48.0 Å². The van der Waals surface area contributed by atoms with Crippen molar-refractivity contribution in [3.05, 3.63) is 77.2 Å². The van der Waals surface area contributed by atoms with Crippen LogP contribution in [0.4, 0.5) is 10.5 Å². The van der Waals surface area contributed by atoms with E-state index in [2.05, 4.69) is 29.5 Å². The number of benzene rings is 2. The van der Waals surface area contributed by atoms with Gasteiger partial charge in [0.2, 0.25) is 0 Å². The van der Waals surface area contributed by atoms with E-state index >= 15 is 0 Å². The van der Waals surface area contributed by atoms with Crippen molar-refractivity contribution in [1.82, 2.24) is 10.1 Å². The van der Waals surface area contributed by atoms with Crippen LogP contribution in [0.2, 0.25) is 0 Å². The molecular weight excluding hydrogens is 430 g/mol. The van der Waals surface area contributed by atoms with E-state index in [4.69, 9.17) is 14.0 Å². The van der Waals surface area contributed by atoms with E-state index in [0.29, 0.717) is 37.8 Å². The molecule has 1 saturated heterocycles. The van der Waals surface area contributed by atoms with Crippen molar-refractivity contribution in [3.8, 4) is 11.5 Å². The van der Waals surface area contributed by atoms with Gasteiger partial charge in [0.15, 0.2) is 5.76 Å². The zero-order chi connectivity index (χ0) is 23.9. The first-order valence-corrected chi connectivity index (χ1v) is 11.6. The molecule has 1 atom stereocenters. The first-order valence-electron chi connectivity index (χ1n) is 11.6. The SMILES string of the molecule is Cc1cccc(OCCOc2cccc(C=C3CCN(C(=O)Nc4cnoc4C)CC3C)c2)c1. The fourth-order valence-electron chi connectivity index (χ4n) is 3.99. The monoisotopic (exact) mass is 461 g/mol. The predicted octanol–water partition coefficient (Wildman–Crippen LogP) is 5.71. The largest absolute Gasteiger partial charge is 0.490 e. The number of carbonyl (C=O) groups is 1. The summed E-state index contributed by atoms with van der Waals surface area (Å²) in [5.74, 6) is 2.53. The summed E-state index contributed by atoms with van der Waals surface area (Å²) in [5, 5.41) is 6.58. The Morgan fingerprint density at radius 3 is 2.56 bits per heavy atom. The molecule has 34 heavy (non-hydrogen) atoms. The number of hydrogen-bond acceptors (Lipinski definition) is 5. The smallest absolute Gasteiger partial charge is 0.322 e. The van der Waals surface area contributed by atoms with Crippen LogP contribution >= 0.6 is 0 Å². The highest BCUT2D eigenvalue weighted by atomic mass is 16.5. The molecule has 7 heteroatoms. The summed E-state index contributed by atoms with van der Waals surface area (Å²) >= 11 is 0. The molecule has 0 aliphatic carbocycles. The van der Waals surface area contributed by atoms with Crippen molar-refractivity contribution in [2.24, 2.45) is 5.92 Å². The predicted molar refractivity (Wildman–Crippen MR) is 132 cm³/mol. The molecule has 0 spiro atoms. The molecule has 4 rings (SSSR count). The highest BCUT2D eigenvalue weighted by Crippen LogP contribution is 2.27. The number of likely N-dealkylation sites (tertiary alicyclic amines) is 1. The standard InChI is InChI=1S/C27H31N3O4/c1-19-6-4-8-24(14-19)32-12-13-33-25-9-5-7-22(16-25)15-23-10-11-30(18-20(23)2)27(31)29-26-17-28-34-21(26)3/h4-9,14-17,20H,10-13,18H2,1-3H3,(H,29,31). The number of aromatic nitrogens is 1. The maximum absolute atomic E-state index is 12.6. The van der Waals surface area contributed by atoms with Gasteiger partial charge in [-0.2, -0.15) is 0 Å². The second kappa shape index (κ2) is 10.9. The van der Waals surface area contributed by atoms with Crippen LogP contribution in [0.3, 0.4) is 0 Å². The van der Waals surface area contributed by atoms with Crippen molar-refractivity contribution >= 4 is 17.8 Å². The zero-order valence-corrected chi connectivity index (χ0v) is 19.9. The van der Waals surface area contributed by atoms with Crippen LogP contribution in [-0.2, 0) is 0 Å². The first kappa shape index (κ1) is 23.4. The van der Waals surface area contributed by atoms with E-state index in [0.717, 1.165) is 23.5 Å². The maximum Gasteiger partial charge on any atom is 0.322 e. The van der Waals surface area contributed by atoms with Gasteiger partial charge in [0.1, 0.15) is 30.4 Å². The Balaban J connectivity index is 1.28. The Morgan fingerprint density at radius 1 is 1.15 bits per heavy atom. The van der Waals surface area contributed by atoms with E-state index in [1.807, 2.05) is 54.3 Å². The van der Waals surface area contributed by atoms with Gasteiger partial charge in [-0.25, -0.2) is 4.79 Å². The molecule has 178 valence electrons. The molecule has 2 aromatic carbocycles. The number of hydrogen-bond donors (Lipinski definition) is 1. The minimum atomic E-state index is -0.125. The van der Waals surface area contributed by atoms with Gasteiger partial charge >= 0.3 is 6.03 Å². The Bertz CT molecular complexity index is 1150. The third-order valence-corrected chi connectivity index (χ3v) is 5.90. The molecule has 7 nitrogen and oxygen atoms in total. The summed E-state index contributed by atoms with van der Waals surface area (Å²) < 4.78 is 16.7. The normalized spacial score (nSPS) is 17.0. The van der Waals surface area contributed by atoms with E-state index < -0.39 is 0 Å². The number of piperidine rings is 1. The quantitative estimate of drug-likeness (QED) is 0.456. The van der Waals surface area contributed by atoms with Crippen molar-refractivity contribution in [1.29, 1.82) is 0 Å². The summed E-state index contributed by atoms with van der Waals surface area (Å²) in [6, 6.07) is 15.9. The van der Waals surface area contributed by atoms with Crippen LogP contribution in [0.1, 0.15) is 30.2 Å². The lowest BCUT2D eigenvalue weighted by Gasteiger charge is -2.33. The molecule has 0 saturated carbocycles. The van der Waals surface area contributed by atoms with Gasteiger partial charge in [0, 0.05) is 13.1 Å². The number of amides is 2. The number of carbonyl (C=O) groups excluding carboxylic acids is 1. The zero-order valence-electron chi connectivity index (χ0n) is 19.9. The Hall–Kier alpha value is -3.74. The molecular formula is C27H31N3O4. The average molecular weight is 462 g/mol. The highest BCUT2D eigenvalue weighted by molar-refractivity contribution is 5.89. The van der Waals surface area contributed by atoms with Crippen LogP contribution in [0.25, 0.3) is 6.08 Å². The van der Waals surface area contributed by atoms with Gasteiger partial charge in [-0.15, -0.1) is 0 Å². The number of nitrogens with one attached hydrogen (secondary N) is 1. The fraction of sp³-hybridized carbons (Fsp3) is 0.333. The van der Waals surface area contributed by atoms with Crippen LogP contribution in [0.5, 0.6) is 11.5 Å². The van der Waals surface area contributed by atoms with Crippen LogP contribution < -0.4 is 14.8 Å². The number of anilines is 1. The van der Waals surface area contributed by atoms with Gasteiger partial charge in [-0.05, 0) is 61.6 Å². The number of urea groups is 1. The van der Waals surface area contributed by atoms with Crippen LogP contribution in [-0.4, -0.2) is 42.4 Å². The molecule has 1 aliphatic rings. The lowest BCUT2D eigenvalue weighted by molar-refractivity contribution is 0.197. The van der Waals surface area contributed by atoms with Crippen molar-refractivity contribution < 1.29 is 18.8 Å². The molecule has 1 aliphatic heterocycles. The van der Waals surface area contributed by atoms with E-state index in [9.17, 15) is 4.79 Å². The lowest BCUT2D eigenvalue weighted by atomic mass is 9.91. The second-order valence-corrected chi connectivity index (χ2v) is 8.63. The first-order chi connectivity index (χ1) is 16.5. The Labute approximate surface area is 200 Å². The third-order valence-electron chi connectivity index (χ3n) is 5.90. The average Bonchev–Trinajstić information content (AvgIpc) is 3.22. The topological polar surface area (TPSA) is 76.8 Å². The second-order valence-electron chi connectivity index (χ2n) is 8.63. The molecule has 1 aromatic heterocycles. The van der Waals surface area contributed by atoms with Crippen molar-refractivity contribution in [2.45, 2.75) is 27.2 Å². The summed E-state index contributed by atoms with van der Waals surface area (Å²) in [6.07, 6.45) is 4.56.